The fraction of sp³-hybridized carbons (Fsp3) is 0.286. The van der Waals surface area contributed by atoms with Crippen molar-refractivity contribution in [3.63, 3.8) is 0 Å². The normalized spacial score (nSPS) is 26.9. The van der Waals surface area contributed by atoms with Crippen molar-refractivity contribution in [1.29, 1.82) is 0 Å². The summed E-state index contributed by atoms with van der Waals surface area (Å²) in [6.45, 7) is 0.948. The van der Waals surface area contributed by atoms with E-state index in [9.17, 15) is 9.18 Å². The van der Waals surface area contributed by atoms with Crippen molar-refractivity contribution in [2.75, 3.05) is 18.5 Å². The molecule has 2 heterocycles. The van der Waals surface area contributed by atoms with E-state index in [1.54, 1.807) is 12.1 Å². The van der Waals surface area contributed by atoms with Crippen molar-refractivity contribution in [1.82, 2.24) is 5.32 Å². The van der Waals surface area contributed by atoms with Gasteiger partial charge in [-0.1, -0.05) is 48.6 Å². The van der Waals surface area contributed by atoms with E-state index in [1.165, 1.54) is 12.1 Å². The molecule has 0 radical (unpaired) electrons. The number of halogens is 1. The Kier molecular flexibility index (Phi) is 5.18. The maximum absolute atomic E-state index is 13.2. The number of fused-ring (bicyclic) bond motifs is 1. The summed E-state index contributed by atoms with van der Waals surface area (Å²) in [5.74, 6) is -0.252. The Morgan fingerprint density at radius 2 is 1.85 bits per heavy atom. The van der Waals surface area contributed by atoms with Gasteiger partial charge in [0.2, 0.25) is 0 Å². The number of carbonyl (C=O) groups excluding carboxylic acids is 1. The zero-order valence-corrected chi connectivity index (χ0v) is 14.7. The number of hydrogen-bond acceptors (Lipinski definition) is 3. The smallest absolute Gasteiger partial charge is 0.319 e. The lowest BCUT2D eigenvalue weighted by molar-refractivity contribution is 0.0662. The number of anilines is 1. The quantitative estimate of drug-likeness (QED) is 0.869. The lowest BCUT2D eigenvalue weighted by Gasteiger charge is -2.18. The van der Waals surface area contributed by atoms with E-state index in [0.29, 0.717) is 18.9 Å². The zero-order valence-electron chi connectivity index (χ0n) is 14.7. The second-order valence-corrected chi connectivity index (χ2v) is 6.74. The summed E-state index contributed by atoms with van der Waals surface area (Å²) in [5, 5.41) is 5.50. The fourth-order valence-electron chi connectivity index (χ4n) is 3.52. The molecule has 2 N–H and O–H groups in total. The van der Waals surface area contributed by atoms with Gasteiger partial charge >= 0.3 is 6.03 Å². The SMILES string of the molecule is O=C(Nc1cccc(F)c1)N[C@H]1CO[C@H]2[C@@H]1OC[C@@H]2/C=C\c1ccccc1. The molecule has 140 valence electrons. The summed E-state index contributed by atoms with van der Waals surface area (Å²) in [6.07, 6.45) is 3.91. The molecule has 0 spiro atoms. The first-order valence-corrected chi connectivity index (χ1v) is 8.98. The van der Waals surface area contributed by atoms with Crippen LogP contribution in [0, 0.1) is 11.7 Å². The molecule has 0 unspecified atom stereocenters. The predicted octanol–water partition coefficient (Wildman–Crippen LogP) is 3.44. The molecule has 2 aromatic carbocycles. The molecule has 2 aromatic rings. The lowest BCUT2D eigenvalue weighted by Crippen LogP contribution is -2.45. The Hall–Kier alpha value is -2.70. The van der Waals surface area contributed by atoms with Gasteiger partial charge in [0, 0.05) is 11.6 Å². The van der Waals surface area contributed by atoms with Crippen LogP contribution in [0.1, 0.15) is 5.56 Å². The molecule has 4 rings (SSSR count). The van der Waals surface area contributed by atoms with Crippen LogP contribution in [0.5, 0.6) is 0 Å². The van der Waals surface area contributed by atoms with Crippen molar-refractivity contribution >= 4 is 17.8 Å². The summed E-state index contributed by atoms with van der Waals surface area (Å²) in [5.41, 5.74) is 1.53. The molecule has 0 bridgehead atoms. The van der Waals surface area contributed by atoms with Crippen molar-refractivity contribution < 1.29 is 18.7 Å². The van der Waals surface area contributed by atoms with E-state index in [1.807, 2.05) is 30.3 Å². The van der Waals surface area contributed by atoms with Crippen LogP contribution in [0.4, 0.5) is 14.9 Å². The first kappa shape index (κ1) is 17.7. The highest BCUT2D eigenvalue weighted by Gasteiger charge is 2.47. The summed E-state index contributed by atoms with van der Waals surface area (Å²) in [7, 11) is 0. The molecule has 2 aliphatic heterocycles. The third kappa shape index (κ3) is 4.18. The van der Waals surface area contributed by atoms with E-state index in [2.05, 4.69) is 22.8 Å². The zero-order chi connectivity index (χ0) is 18.6. The van der Waals surface area contributed by atoms with Crippen LogP contribution in [0.15, 0.2) is 60.7 Å². The van der Waals surface area contributed by atoms with E-state index >= 15 is 0 Å². The Balaban J connectivity index is 1.33. The maximum atomic E-state index is 13.2. The summed E-state index contributed by atoms with van der Waals surface area (Å²) in [4.78, 5) is 12.2. The van der Waals surface area contributed by atoms with E-state index < -0.39 is 11.8 Å². The van der Waals surface area contributed by atoms with Gasteiger partial charge in [-0.15, -0.1) is 0 Å². The number of rotatable bonds is 4. The van der Waals surface area contributed by atoms with Crippen molar-refractivity contribution in [3.8, 4) is 0 Å². The second kappa shape index (κ2) is 7.90. The maximum Gasteiger partial charge on any atom is 0.319 e. The monoisotopic (exact) mass is 368 g/mol. The molecule has 2 amide bonds. The molecule has 0 saturated carbocycles. The molecular weight excluding hydrogens is 347 g/mol. The standard InChI is InChI=1S/C21H21FN2O3/c22-16-7-4-8-17(11-16)23-21(25)24-18-13-27-19-15(12-26-20(18)19)10-9-14-5-2-1-3-6-14/h1-11,15,18-20H,12-13H2,(H2,23,24,25)/b10-9-/t15-,18-,19+,20+/m0/s1. The van der Waals surface area contributed by atoms with Gasteiger partial charge in [0.1, 0.15) is 11.9 Å². The van der Waals surface area contributed by atoms with Gasteiger partial charge < -0.3 is 20.1 Å². The average molecular weight is 368 g/mol. The summed E-state index contributed by atoms with van der Waals surface area (Å²) >= 11 is 0. The highest BCUT2D eigenvalue weighted by atomic mass is 19.1. The molecule has 2 saturated heterocycles. The predicted molar refractivity (Wildman–Crippen MR) is 101 cm³/mol. The molecule has 4 atom stereocenters. The number of nitrogens with one attached hydrogen (secondary N) is 2. The molecule has 2 aliphatic rings. The Morgan fingerprint density at radius 3 is 2.67 bits per heavy atom. The van der Waals surface area contributed by atoms with Gasteiger partial charge in [-0.05, 0) is 23.8 Å². The van der Waals surface area contributed by atoms with E-state index in [0.717, 1.165) is 5.56 Å². The number of urea groups is 1. The first-order chi connectivity index (χ1) is 13.2. The molecule has 27 heavy (non-hydrogen) atoms. The van der Waals surface area contributed by atoms with Crippen LogP contribution in [0.2, 0.25) is 0 Å². The largest absolute Gasteiger partial charge is 0.373 e. The summed E-state index contributed by atoms with van der Waals surface area (Å²) in [6, 6.07) is 15.2. The van der Waals surface area contributed by atoms with Gasteiger partial charge in [0.15, 0.2) is 0 Å². The second-order valence-electron chi connectivity index (χ2n) is 6.74. The van der Waals surface area contributed by atoms with Gasteiger partial charge in [-0.3, -0.25) is 0 Å². The number of ether oxygens (including phenoxy) is 2. The topological polar surface area (TPSA) is 59.6 Å². The number of hydrogen-bond donors (Lipinski definition) is 2. The lowest BCUT2D eigenvalue weighted by atomic mass is 9.99. The number of carbonyl (C=O) groups is 1. The van der Waals surface area contributed by atoms with Crippen LogP contribution in [0.25, 0.3) is 6.08 Å². The van der Waals surface area contributed by atoms with Gasteiger partial charge in [-0.2, -0.15) is 0 Å². The highest BCUT2D eigenvalue weighted by Crippen LogP contribution is 2.32. The van der Waals surface area contributed by atoms with Gasteiger partial charge in [0.05, 0.1) is 25.4 Å². The third-order valence-corrected chi connectivity index (χ3v) is 4.83. The molecule has 0 aliphatic carbocycles. The first-order valence-electron chi connectivity index (χ1n) is 8.98. The van der Waals surface area contributed by atoms with Crippen molar-refractivity contribution in [2.45, 2.75) is 18.2 Å². The third-order valence-electron chi connectivity index (χ3n) is 4.83. The van der Waals surface area contributed by atoms with E-state index in [4.69, 9.17) is 9.47 Å². The fourth-order valence-corrected chi connectivity index (χ4v) is 3.52. The minimum Gasteiger partial charge on any atom is -0.373 e. The minimum atomic E-state index is -0.401. The Morgan fingerprint density at radius 1 is 1.04 bits per heavy atom. The number of benzene rings is 2. The Labute approximate surface area is 157 Å². The molecular formula is C21H21FN2O3. The molecule has 0 aromatic heterocycles. The van der Waals surface area contributed by atoms with Gasteiger partial charge in [-0.25, -0.2) is 9.18 Å². The molecule has 2 fully saturated rings. The molecule has 6 heteroatoms. The van der Waals surface area contributed by atoms with Crippen molar-refractivity contribution in [2.24, 2.45) is 5.92 Å². The van der Waals surface area contributed by atoms with Crippen LogP contribution >= 0.6 is 0 Å². The molecule has 5 nitrogen and oxygen atoms in total. The van der Waals surface area contributed by atoms with Crippen LogP contribution < -0.4 is 10.6 Å². The average Bonchev–Trinajstić information content (AvgIpc) is 3.24. The van der Waals surface area contributed by atoms with E-state index in [-0.39, 0.29) is 24.2 Å². The minimum absolute atomic E-state index is 0.0792. The number of amides is 2. The van der Waals surface area contributed by atoms with Crippen molar-refractivity contribution in [3.05, 3.63) is 72.1 Å². The van der Waals surface area contributed by atoms with Crippen LogP contribution in [-0.4, -0.2) is 37.5 Å². The van der Waals surface area contributed by atoms with Crippen LogP contribution in [-0.2, 0) is 9.47 Å². The highest BCUT2D eigenvalue weighted by molar-refractivity contribution is 5.89. The van der Waals surface area contributed by atoms with Crippen LogP contribution in [0.3, 0.4) is 0 Å². The Bertz CT molecular complexity index is 827. The summed E-state index contributed by atoms with van der Waals surface area (Å²) < 4.78 is 25.0. The van der Waals surface area contributed by atoms with Gasteiger partial charge in [0.25, 0.3) is 0 Å².